The summed E-state index contributed by atoms with van der Waals surface area (Å²) >= 11 is 6.20. The Balaban J connectivity index is 1.46. The van der Waals surface area contributed by atoms with Gasteiger partial charge >= 0.3 is 12.4 Å². The molecule has 7 nitrogen and oxygen atoms in total. The molecule has 1 atom stereocenters. The fourth-order valence-corrected chi connectivity index (χ4v) is 5.25. The van der Waals surface area contributed by atoms with Crippen LogP contribution in [0.3, 0.4) is 0 Å². The molecule has 0 radical (unpaired) electrons. The number of hydrogen-bond acceptors (Lipinski definition) is 4. The molecule has 0 unspecified atom stereocenters. The third-order valence-electron chi connectivity index (χ3n) is 7.57. The van der Waals surface area contributed by atoms with Crippen molar-refractivity contribution < 1.29 is 40.7 Å². The van der Waals surface area contributed by atoms with Gasteiger partial charge in [0.2, 0.25) is 5.91 Å². The highest BCUT2D eigenvalue weighted by Crippen LogP contribution is 2.40. The number of alkyl halides is 6. The van der Waals surface area contributed by atoms with E-state index in [1.54, 1.807) is 30.3 Å². The zero-order valence-electron chi connectivity index (χ0n) is 23.0. The van der Waals surface area contributed by atoms with E-state index in [2.05, 4.69) is 10.6 Å². The van der Waals surface area contributed by atoms with Crippen molar-refractivity contribution in [1.29, 1.82) is 0 Å². The molecule has 14 heteroatoms. The number of halogens is 7. The molecular formula is C30H25ClF6N4O3. The number of benzene rings is 3. The average molecular weight is 639 g/mol. The number of fused-ring (bicyclic) bond motifs is 1. The predicted molar refractivity (Wildman–Crippen MR) is 150 cm³/mol. The standard InChI is InChI=1S/C30H25ClF6N4O3/c1-40-23-8-7-21(31)14-24(23)41(15-17-11-19(29(32,33)34)13-20(12-17)30(35,36)37)16-22(26(40)43)38-27(44)28(9-10-28)39-25(42)18-5-3-2-4-6-18/h2-8,11-14,22H,9-10,15-16H2,1H3,(H,38,44)(H,39,42)/t22-/m1/s1. The van der Waals surface area contributed by atoms with E-state index in [1.165, 1.54) is 35.0 Å². The molecule has 3 aromatic carbocycles. The molecule has 3 aromatic rings. The smallest absolute Gasteiger partial charge is 0.363 e. The van der Waals surface area contributed by atoms with Crippen molar-refractivity contribution >= 4 is 40.7 Å². The van der Waals surface area contributed by atoms with Crippen LogP contribution in [0.1, 0.15) is 39.9 Å². The van der Waals surface area contributed by atoms with Crippen molar-refractivity contribution in [2.75, 3.05) is 23.4 Å². The van der Waals surface area contributed by atoms with E-state index in [1.807, 2.05) is 0 Å². The number of nitrogens with one attached hydrogen (secondary N) is 2. The van der Waals surface area contributed by atoms with Crippen LogP contribution in [0.25, 0.3) is 0 Å². The first-order valence-electron chi connectivity index (χ1n) is 13.4. The molecule has 2 N–H and O–H groups in total. The second kappa shape index (κ2) is 11.3. The fourth-order valence-electron chi connectivity index (χ4n) is 5.08. The van der Waals surface area contributed by atoms with Crippen LogP contribution in [0.15, 0.2) is 66.7 Å². The van der Waals surface area contributed by atoms with E-state index in [0.717, 1.165) is 0 Å². The number of rotatable bonds is 6. The molecule has 1 heterocycles. The number of amides is 3. The number of carbonyl (C=O) groups excluding carboxylic acids is 3. The molecule has 0 saturated heterocycles. The minimum atomic E-state index is -5.05. The molecule has 1 saturated carbocycles. The maximum absolute atomic E-state index is 13.6. The molecule has 0 aromatic heterocycles. The Hall–Kier alpha value is -4.26. The van der Waals surface area contributed by atoms with Crippen LogP contribution in [-0.4, -0.2) is 42.9 Å². The average Bonchev–Trinajstić information content (AvgIpc) is 3.76. The maximum atomic E-state index is 13.6. The van der Waals surface area contributed by atoms with Crippen LogP contribution < -0.4 is 20.4 Å². The first-order valence-corrected chi connectivity index (χ1v) is 13.7. The summed E-state index contributed by atoms with van der Waals surface area (Å²) in [6.07, 6.45) is -9.49. The Labute approximate surface area is 252 Å². The molecular weight excluding hydrogens is 614 g/mol. The van der Waals surface area contributed by atoms with Crippen LogP contribution >= 0.6 is 11.6 Å². The van der Waals surface area contributed by atoms with Crippen LogP contribution in [0, 0.1) is 0 Å². The lowest BCUT2D eigenvalue weighted by Gasteiger charge is -2.28. The molecule has 1 aliphatic heterocycles. The predicted octanol–water partition coefficient (Wildman–Crippen LogP) is 5.81. The van der Waals surface area contributed by atoms with E-state index in [-0.39, 0.29) is 34.6 Å². The van der Waals surface area contributed by atoms with Gasteiger partial charge in [0.25, 0.3) is 11.8 Å². The van der Waals surface area contributed by atoms with Crippen molar-refractivity contribution in [3.05, 3.63) is 94.0 Å². The highest BCUT2D eigenvalue weighted by molar-refractivity contribution is 6.31. The first kappa shape index (κ1) is 31.2. The lowest BCUT2D eigenvalue weighted by molar-refractivity contribution is -0.143. The number of hydrogen-bond donors (Lipinski definition) is 2. The van der Waals surface area contributed by atoms with E-state index in [0.29, 0.717) is 30.5 Å². The summed E-state index contributed by atoms with van der Waals surface area (Å²) < 4.78 is 81.4. The van der Waals surface area contributed by atoms with Gasteiger partial charge in [0.15, 0.2) is 0 Å². The quantitative estimate of drug-likeness (QED) is 0.334. The van der Waals surface area contributed by atoms with E-state index < -0.39 is 59.3 Å². The van der Waals surface area contributed by atoms with Crippen molar-refractivity contribution in [1.82, 2.24) is 10.6 Å². The van der Waals surface area contributed by atoms with E-state index in [9.17, 15) is 40.7 Å². The first-order chi connectivity index (χ1) is 20.6. The Kier molecular flexibility index (Phi) is 8.04. The van der Waals surface area contributed by atoms with Gasteiger partial charge < -0.3 is 20.4 Å². The van der Waals surface area contributed by atoms with E-state index >= 15 is 0 Å². The minimum absolute atomic E-state index is 0.0376. The summed E-state index contributed by atoms with van der Waals surface area (Å²) in [5.41, 5.74) is -3.70. The summed E-state index contributed by atoms with van der Waals surface area (Å²) in [5, 5.41) is 5.57. The van der Waals surface area contributed by atoms with Gasteiger partial charge in [-0.2, -0.15) is 26.3 Å². The Morgan fingerprint density at radius 3 is 2.09 bits per heavy atom. The highest BCUT2D eigenvalue weighted by Gasteiger charge is 2.52. The molecule has 1 fully saturated rings. The largest absolute Gasteiger partial charge is 0.416 e. The molecule has 0 spiro atoms. The zero-order chi connectivity index (χ0) is 32.0. The van der Waals surface area contributed by atoms with Crippen LogP contribution in [0.4, 0.5) is 37.7 Å². The third-order valence-corrected chi connectivity index (χ3v) is 7.81. The molecule has 1 aliphatic carbocycles. The van der Waals surface area contributed by atoms with Crippen molar-refractivity contribution in [3.63, 3.8) is 0 Å². The lowest BCUT2D eigenvalue weighted by atomic mass is 10.0. The summed E-state index contributed by atoms with van der Waals surface area (Å²) in [4.78, 5) is 42.4. The van der Waals surface area contributed by atoms with Gasteiger partial charge in [-0.15, -0.1) is 0 Å². The Bertz CT molecular complexity index is 1580. The van der Waals surface area contributed by atoms with Crippen molar-refractivity contribution in [3.8, 4) is 0 Å². The van der Waals surface area contributed by atoms with Gasteiger partial charge in [0, 0.05) is 30.7 Å². The molecule has 232 valence electrons. The maximum Gasteiger partial charge on any atom is 0.416 e. The number of nitrogens with zero attached hydrogens (tertiary/aromatic N) is 2. The van der Waals surface area contributed by atoms with Crippen LogP contribution in [0.5, 0.6) is 0 Å². The van der Waals surface area contributed by atoms with E-state index in [4.69, 9.17) is 11.6 Å². The van der Waals surface area contributed by atoms with Crippen molar-refractivity contribution in [2.45, 2.75) is 43.3 Å². The molecule has 0 bridgehead atoms. The number of anilines is 2. The third kappa shape index (κ3) is 6.47. The summed E-state index contributed by atoms with van der Waals surface area (Å²) in [5.74, 6) is -1.72. The Morgan fingerprint density at radius 1 is 0.909 bits per heavy atom. The normalized spacial score (nSPS) is 17.9. The topological polar surface area (TPSA) is 81.8 Å². The summed E-state index contributed by atoms with van der Waals surface area (Å²) in [6.45, 7) is -0.799. The SMILES string of the molecule is CN1C(=O)[C@H](NC(=O)C2(NC(=O)c3ccccc3)CC2)CN(Cc2cc(C(F)(F)F)cc(C(F)(F)F)c2)c2cc(Cl)ccc21. The van der Waals surface area contributed by atoms with Gasteiger partial charge in [-0.3, -0.25) is 14.4 Å². The lowest BCUT2D eigenvalue weighted by Crippen LogP contribution is -2.57. The summed E-state index contributed by atoms with van der Waals surface area (Å²) in [6, 6.07) is 12.6. The van der Waals surface area contributed by atoms with Gasteiger partial charge in [0.1, 0.15) is 11.6 Å². The molecule has 3 amide bonds. The second-order valence-corrected chi connectivity index (χ2v) is 11.2. The van der Waals surface area contributed by atoms with Crippen LogP contribution in [0.2, 0.25) is 5.02 Å². The number of likely N-dealkylation sites (N-methyl/N-ethyl adjacent to an activating group) is 1. The van der Waals surface area contributed by atoms with Gasteiger partial charge in [-0.05, 0) is 66.9 Å². The van der Waals surface area contributed by atoms with Gasteiger partial charge in [-0.25, -0.2) is 0 Å². The summed E-state index contributed by atoms with van der Waals surface area (Å²) in [7, 11) is 1.42. The fraction of sp³-hybridized carbons (Fsp3) is 0.300. The minimum Gasteiger partial charge on any atom is -0.363 e. The molecule has 5 rings (SSSR count). The highest BCUT2D eigenvalue weighted by atomic mass is 35.5. The monoisotopic (exact) mass is 638 g/mol. The molecule has 2 aliphatic rings. The van der Waals surface area contributed by atoms with Crippen molar-refractivity contribution in [2.24, 2.45) is 0 Å². The second-order valence-electron chi connectivity index (χ2n) is 10.8. The van der Waals surface area contributed by atoms with Gasteiger partial charge in [0.05, 0.1) is 22.5 Å². The Morgan fingerprint density at radius 2 is 1.52 bits per heavy atom. The molecule has 44 heavy (non-hydrogen) atoms. The zero-order valence-corrected chi connectivity index (χ0v) is 23.8. The number of carbonyl (C=O) groups is 3. The van der Waals surface area contributed by atoms with Crippen LogP contribution in [-0.2, 0) is 28.5 Å². The van der Waals surface area contributed by atoms with Gasteiger partial charge in [-0.1, -0.05) is 29.8 Å².